The van der Waals surface area contributed by atoms with E-state index in [-0.39, 0.29) is 6.04 Å². The van der Waals surface area contributed by atoms with E-state index in [0.29, 0.717) is 14.6 Å². The minimum absolute atomic E-state index is 0.119. The number of hydrogen-bond donors (Lipinski definition) is 0. The molecule has 1 saturated carbocycles. The first-order chi connectivity index (χ1) is 9.46. The molecular formula is C13H19BrClNO2S2. The highest BCUT2D eigenvalue weighted by Crippen LogP contribution is 2.35. The van der Waals surface area contributed by atoms with Gasteiger partial charge in [0, 0.05) is 18.0 Å². The van der Waals surface area contributed by atoms with Gasteiger partial charge in [0.15, 0.2) is 0 Å². The minimum Gasteiger partial charge on any atom is -0.207 e. The van der Waals surface area contributed by atoms with E-state index in [9.17, 15) is 8.42 Å². The summed E-state index contributed by atoms with van der Waals surface area (Å²) in [6.07, 6.45) is 6.57. The van der Waals surface area contributed by atoms with E-state index >= 15 is 0 Å². The van der Waals surface area contributed by atoms with Crippen molar-refractivity contribution in [1.29, 1.82) is 0 Å². The maximum absolute atomic E-state index is 12.8. The molecule has 0 radical (unpaired) electrons. The molecular weight excluding hydrogens is 382 g/mol. The fourth-order valence-electron chi connectivity index (χ4n) is 2.61. The predicted octanol–water partition coefficient (Wildman–Crippen LogP) is 4.59. The Morgan fingerprint density at radius 1 is 1.35 bits per heavy atom. The van der Waals surface area contributed by atoms with Gasteiger partial charge in [-0.25, -0.2) is 8.42 Å². The Bertz CT molecular complexity index is 551. The first kappa shape index (κ1) is 16.7. The first-order valence-electron chi connectivity index (χ1n) is 6.79. The second-order valence-corrected chi connectivity index (χ2v) is 9.84. The maximum atomic E-state index is 12.8. The van der Waals surface area contributed by atoms with E-state index in [2.05, 4.69) is 15.9 Å². The summed E-state index contributed by atoms with van der Waals surface area (Å²) in [5.74, 6) is 0.339. The Morgan fingerprint density at radius 3 is 2.45 bits per heavy atom. The molecule has 0 atom stereocenters. The van der Waals surface area contributed by atoms with E-state index in [1.807, 2.05) is 0 Å². The van der Waals surface area contributed by atoms with E-state index in [4.69, 9.17) is 11.6 Å². The maximum Gasteiger partial charge on any atom is 0.245 e. The molecule has 114 valence electrons. The van der Waals surface area contributed by atoms with Crippen molar-refractivity contribution >= 4 is 48.9 Å². The van der Waals surface area contributed by atoms with Gasteiger partial charge in [0.25, 0.3) is 0 Å². The lowest BCUT2D eigenvalue weighted by molar-refractivity contribution is 0.335. The summed E-state index contributed by atoms with van der Waals surface area (Å²) in [7, 11) is -1.73. The molecule has 0 saturated heterocycles. The molecule has 0 N–H and O–H groups in total. The third-order valence-corrected chi connectivity index (χ3v) is 8.44. The van der Waals surface area contributed by atoms with Gasteiger partial charge in [0.2, 0.25) is 10.0 Å². The summed E-state index contributed by atoms with van der Waals surface area (Å²) in [4.78, 5) is 1.22. The van der Waals surface area contributed by atoms with Gasteiger partial charge in [-0.1, -0.05) is 25.7 Å². The molecule has 20 heavy (non-hydrogen) atoms. The lowest BCUT2D eigenvalue weighted by Crippen LogP contribution is -2.36. The molecule has 0 aliphatic heterocycles. The van der Waals surface area contributed by atoms with E-state index in [0.717, 1.165) is 30.6 Å². The molecule has 7 heteroatoms. The van der Waals surface area contributed by atoms with Gasteiger partial charge in [0.05, 0.1) is 9.67 Å². The van der Waals surface area contributed by atoms with Crippen molar-refractivity contribution in [1.82, 2.24) is 4.31 Å². The zero-order chi connectivity index (χ0) is 14.8. The Morgan fingerprint density at radius 2 is 1.95 bits per heavy atom. The van der Waals surface area contributed by atoms with Crippen LogP contribution in [0.3, 0.4) is 0 Å². The summed E-state index contributed by atoms with van der Waals surface area (Å²) in [6, 6.07) is 1.80. The number of nitrogens with zero attached hydrogens (tertiary/aromatic N) is 1. The van der Waals surface area contributed by atoms with Crippen LogP contribution < -0.4 is 0 Å². The second kappa shape index (κ2) is 7.09. The third-order valence-electron chi connectivity index (χ3n) is 3.83. The van der Waals surface area contributed by atoms with Crippen LogP contribution in [-0.2, 0) is 15.9 Å². The van der Waals surface area contributed by atoms with Crippen molar-refractivity contribution in [3.8, 4) is 0 Å². The van der Waals surface area contributed by atoms with Crippen LogP contribution in [0.2, 0.25) is 0 Å². The summed E-state index contributed by atoms with van der Waals surface area (Å²) in [5, 5.41) is 0. The van der Waals surface area contributed by atoms with Gasteiger partial charge in [0.1, 0.15) is 4.90 Å². The summed E-state index contributed by atoms with van der Waals surface area (Å²) < 4.78 is 27.7. The zero-order valence-corrected chi connectivity index (χ0v) is 15.4. The fourth-order valence-corrected chi connectivity index (χ4v) is 6.75. The number of rotatable bonds is 4. The van der Waals surface area contributed by atoms with Crippen molar-refractivity contribution in [2.24, 2.45) is 0 Å². The van der Waals surface area contributed by atoms with E-state index < -0.39 is 10.0 Å². The molecule has 0 aromatic carbocycles. The second-order valence-electron chi connectivity index (χ2n) is 5.15. The molecule has 0 amide bonds. The SMILES string of the molecule is CN(C1CCCCCC1)S(=O)(=O)c1cc(CCl)sc1Br. The standard InChI is InChI=1S/C13H19BrClNO2S2/c1-16(10-6-4-2-3-5-7-10)20(17,18)12-8-11(9-15)19-13(12)14/h8,10H,2-7,9H2,1H3. The summed E-state index contributed by atoms with van der Waals surface area (Å²) in [5.41, 5.74) is 0. The van der Waals surface area contributed by atoms with Crippen LogP contribution in [0.15, 0.2) is 14.7 Å². The highest BCUT2D eigenvalue weighted by Gasteiger charge is 2.31. The molecule has 2 rings (SSSR count). The van der Waals surface area contributed by atoms with Crippen LogP contribution in [-0.4, -0.2) is 25.8 Å². The molecule has 0 spiro atoms. The quantitative estimate of drug-likeness (QED) is 0.547. The molecule has 1 fully saturated rings. The van der Waals surface area contributed by atoms with Crippen molar-refractivity contribution in [3.63, 3.8) is 0 Å². The highest BCUT2D eigenvalue weighted by molar-refractivity contribution is 9.11. The molecule has 1 aliphatic carbocycles. The lowest BCUT2D eigenvalue weighted by atomic mass is 10.1. The number of hydrogen-bond acceptors (Lipinski definition) is 3. The van der Waals surface area contributed by atoms with Crippen LogP contribution in [0, 0.1) is 0 Å². The van der Waals surface area contributed by atoms with Crippen LogP contribution >= 0.6 is 38.9 Å². The molecule has 1 aromatic rings. The Balaban J connectivity index is 2.25. The number of alkyl halides is 1. The monoisotopic (exact) mass is 399 g/mol. The first-order valence-corrected chi connectivity index (χ1v) is 10.4. The fraction of sp³-hybridized carbons (Fsp3) is 0.692. The average Bonchev–Trinajstić information content (AvgIpc) is 2.64. The topological polar surface area (TPSA) is 37.4 Å². The molecule has 3 nitrogen and oxygen atoms in total. The normalized spacial score (nSPS) is 18.4. The van der Waals surface area contributed by atoms with Gasteiger partial charge < -0.3 is 0 Å². The summed E-state index contributed by atoms with van der Waals surface area (Å²) in [6.45, 7) is 0. The smallest absolute Gasteiger partial charge is 0.207 e. The van der Waals surface area contributed by atoms with Crippen molar-refractivity contribution < 1.29 is 8.42 Å². The molecule has 0 unspecified atom stereocenters. The average molecular weight is 401 g/mol. The van der Waals surface area contributed by atoms with Crippen molar-refractivity contribution in [2.45, 2.75) is 55.3 Å². The number of thiophene rings is 1. The van der Waals surface area contributed by atoms with Gasteiger partial charge in [-0.3, -0.25) is 0 Å². The highest BCUT2D eigenvalue weighted by atomic mass is 79.9. The molecule has 1 aromatic heterocycles. The lowest BCUT2D eigenvalue weighted by Gasteiger charge is -2.26. The van der Waals surface area contributed by atoms with Crippen LogP contribution in [0.4, 0.5) is 0 Å². The molecule has 1 heterocycles. The van der Waals surface area contributed by atoms with Crippen LogP contribution in [0.25, 0.3) is 0 Å². The number of halogens is 2. The predicted molar refractivity (Wildman–Crippen MR) is 88.0 cm³/mol. The van der Waals surface area contributed by atoms with E-state index in [1.54, 1.807) is 17.4 Å². The Hall–Kier alpha value is 0.380. The van der Waals surface area contributed by atoms with Crippen LogP contribution in [0.1, 0.15) is 43.4 Å². The minimum atomic E-state index is -3.44. The van der Waals surface area contributed by atoms with Crippen molar-refractivity contribution in [3.05, 3.63) is 14.7 Å². The van der Waals surface area contributed by atoms with Gasteiger partial charge in [-0.15, -0.1) is 22.9 Å². The van der Waals surface area contributed by atoms with Crippen molar-refractivity contribution in [2.75, 3.05) is 7.05 Å². The molecule has 1 aliphatic rings. The van der Waals surface area contributed by atoms with Gasteiger partial charge in [-0.2, -0.15) is 4.31 Å². The van der Waals surface area contributed by atoms with Gasteiger partial charge >= 0.3 is 0 Å². The largest absolute Gasteiger partial charge is 0.245 e. The van der Waals surface area contributed by atoms with Crippen LogP contribution in [0.5, 0.6) is 0 Å². The summed E-state index contributed by atoms with van der Waals surface area (Å²) >= 11 is 10.5. The Kier molecular flexibility index (Phi) is 5.94. The van der Waals surface area contributed by atoms with E-state index in [1.165, 1.54) is 24.2 Å². The Labute approximate surface area is 138 Å². The zero-order valence-electron chi connectivity index (χ0n) is 11.4. The van der Waals surface area contributed by atoms with Gasteiger partial charge in [-0.05, 0) is 34.8 Å². The molecule has 0 bridgehead atoms. The number of sulfonamides is 1. The third kappa shape index (κ3) is 3.58.